The van der Waals surface area contributed by atoms with Crippen LogP contribution in [0.1, 0.15) is 0 Å². The number of fused-ring (bicyclic) bond motifs is 1. The van der Waals surface area contributed by atoms with Gasteiger partial charge in [0, 0.05) is 22.1 Å². The van der Waals surface area contributed by atoms with Crippen LogP contribution < -0.4 is 15.6 Å². The van der Waals surface area contributed by atoms with E-state index in [1.807, 2.05) is 24.3 Å². The van der Waals surface area contributed by atoms with Gasteiger partial charge in [0.15, 0.2) is 11.6 Å². The minimum atomic E-state index is -0.939. The molecule has 1 heterocycles. The van der Waals surface area contributed by atoms with Gasteiger partial charge in [-0.2, -0.15) is 0 Å². The highest BCUT2D eigenvalue weighted by molar-refractivity contribution is 6.80. The molecule has 2 nitrogen and oxygen atoms in total. The first-order valence-electron chi connectivity index (χ1n) is 8.33. The smallest absolute Gasteiger partial charge is 0.429 e. The van der Waals surface area contributed by atoms with E-state index in [2.05, 4.69) is 4.98 Å². The van der Waals surface area contributed by atoms with Crippen LogP contribution >= 0.6 is 11.6 Å². The predicted octanol–water partition coefficient (Wildman–Crippen LogP) is 4.35. The Labute approximate surface area is 160 Å². The monoisotopic (exact) mass is 379 g/mol. The summed E-state index contributed by atoms with van der Waals surface area (Å²) in [6.07, 6.45) is 1.66. The van der Waals surface area contributed by atoms with E-state index in [1.54, 1.807) is 36.5 Å². The van der Waals surface area contributed by atoms with E-state index in [4.69, 9.17) is 16.3 Å². The van der Waals surface area contributed by atoms with Crippen LogP contribution in [0.2, 0.25) is 5.02 Å². The molecule has 6 heteroatoms. The van der Waals surface area contributed by atoms with Crippen molar-refractivity contribution in [2.45, 2.75) is 0 Å². The van der Waals surface area contributed by atoms with Gasteiger partial charge in [0.1, 0.15) is 11.3 Å². The van der Waals surface area contributed by atoms with Gasteiger partial charge in [0.05, 0.1) is 0 Å². The van der Waals surface area contributed by atoms with Crippen LogP contribution in [0.3, 0.4) is 0 Å². The van der Waals surface area contributed by atoms with Gasteiger partial charge in [0.2, 0.25) is 0 Å². The van der Waals surface area contributed by atoms with Crippen LogP contribution in [0, 0.1) is 11.6 Å². The molecule has 1 aromatic heterocycles. The van der Waals surface area contributed by atoms with E-state index >= 15 is 0 Å². The molecule has 27 heavy (non-hydrogen) atoms. The SMILES string of the molecule is Fc1cccc(B(Oc2cccc3cccnc23)c2ccc(Cl)cc2)c1F. The third kappa shape index (κ3) is 3.51. The number of para-hydroxylation sites is 1. The van der Waals surface area contributed by atoms with Gasteiger partial charge >= 0.3 is 6.92 Å². The van der Waals surface area contributed by atoms with Gasteiger partial charge in [0.25, 0.3) is 0 Å². The fourth-order valence-electron chi connectivity index (χ4n) is 2.97. The molecule has 0 fully saturated rings. The van der Waals surface area contributed by atoms with Gasteiger partial charge in [-0.3, -0.25) is 4.98 Å². The summed E-state index contributed by atoms with van der Waals surface area (Å²) in [5.74, 6) is -1.38. The first-order chi connectivity index (χ1) is 13.1. The number of hydrogen-bond acceptors (Lipinski definition) is 2. The number of pyridine rings is 1. The maximum Gasteiger partial charge on any atom is 0.429 e. The number of rotatable bonds is 4. The van der Waals surface area contributed by atoms with Crippen LogP contribution in [0.15, 0.2) is 79.0 Å². The lowest BCUT2D eigenvalue weighted by Crippen LogP contribution is -2.49. The van der Waals surface area contributed by atoms with Crippen molar-refractivity contribution in [3.63, 3.8) is 0 Å². The zero-order chi connectivity index (χ0) is 18.8. The van der Waals surface area contributed by atoms with Crippen molar-refractivity contribution in [1.29, 1.82) is 0 Å². The van der Waals surface area contributed by atoms with Crippen LogP contribution in [-0.2, 0) is 0 Å². The molecule has 0 spiro atoms. The minimum Gasteiger partial charge on any atom is -0.550 e. The quantitative estimate of drug-likeness (QED) is 0.492. The van der Waals surface area contributed by atoms with Crippen molar-refractivity contribution in [1.82, 2.24) is 4.98 Å². The van der Waals surface area contributed by atoms with E-state index in [-0.39, 0.29) is 5.46 Å². The molecule has 0 bridgehead atoms. The maximum absolute atomic E-state index is 14.5. The Hall–Kier alpha value is -2.92. The van der Waals surface area contributed by atoms with Crippen LogP contribution in [0.5, 0.6) is 5.75 Å². The highest BCUT2D eigenvalue weighted by Crippen LogP contribution is 2.24. The number of aromatic nitrogens is 1. The van der Waals surface area contributed by atoms with Crippen LogP contribution in [0.4, 0.5) is 8.78 Å². The number of halogens is 3. The third-order valence-corrected chi connectivity index (χ3v) is 4.53. The Morgan fingerprint density at radius 3 is 2.41 bits per heavy atom. The van der Waals surface area contributed by atoms with Gasteiger partial charge in [-0.05, 0) is 35.8 Å². The predicted molar refractivity (Wildman–Crippen MR) is 105 cm³/mol. The van der Waals surface area contributed by atoms with E-state index in [1.165, 1.54) is 12.1 Å². The van der Waals surface area contributed by atoms with Crippen molar-refractivity contribution in [2.24, 2.45) is 0 Å². The van der Waals surface area contributed by atoms with Crippen molar-refractivity contribution in [3.05, 3.63) is 95.7 Å². The highest BCUT2D eigenvalue weighted by atomic mass is 35.5. The fraction of sp³-hybridized carbons (Fsp3) is 0. The molecule has 0 saturated heterocycles. The lowest BCUT2D eigenvalue weighted by molar-refractivity contribution is 0.510. The Morgan fingerprint density at radius 1 is 0.852 bits per heavy atom. The summed E-state index contributed by atoms with van der Waals surface area (Å²) in [5.41, 5.74) is 1.40. The largest absolute Gasteiger partial charge is 0.550 e. The maximum atomic E-state index is 14.5. The third-order valence-electron chi connectivity index (χ3n) is 4.28. The van der Waals surface area contributed by atoms with Gasteiger partial charge in [-0.1, -0.05) is 54.1 Å². The molecule has 0 aliphatic carbocycles. The second-order valence-electron chi connectivity index (χ2n) is 6.02. The molecule has 0 amide bonds. The molecule has 4 aromatic rings. The zero-order valence-corrected chi connectivity index (χ0v) is 14.8. The molecule has 3 aromatic carbocycles. The van der Waals surface area contributed by atoms with Crippen molar-refractivity contribution < 1.29 is 13.4 Å². The Morgan fingerprint density at radius 2 is 1.59 bits per heavy atom. The van der Waals surface area contributed by atoms with E-state index in [9.17, 15) is 8.78 Å². The summed E-state index contributed by atoms with van der Waals surface area (Å²) < 4.78 is 34.5. The van der Waals surface area contributed by atoms with Gasteiger partial charge < -0.3 is 4.65 Å². The summed E-state index contributed by atoms with van der Waals surface area (Å²) in [5, 5.41) is 1.44. The average Bonchev–Trinajstić information content (AvgIpc) is 2.69. The summed E-state index contributed by atoms with van der Waals surface area (Å²) in [7, 11) is 0. The number of benzene rings is 3. The van der Waals surface area contributed by atoms with E-state index in [0.717, 1.165) is 11.5 Å². The van der Waals surface area contributed by atoms with E-state index in [0.29, 0.717) is 21.8 Å². The summed E-state index contributed by atoms with van der Waals surface area (Å²) in [6, 6.07) is 20.1. The van der Waals surface area contributed by atoms with Crippen molar-refractivity contribution in [3.8, 4) is 5.75 Å². The lowest BCUT2D eigenvalue weighted by atomic mass is 9.55. The first-order valence-corrected chi connectivity index (χ1v) is 8.71. The first kappa shape index (κ1) is 17.5. The molecule has 0 N–H and O–H groups in total. The molecule has 0 radical (unpaired) electrons. The minimum absolute atomic E-state index is 0.102. The average molecular weight is 380 g/mol. The Bertz CT molecular complexity index is 1100. The molecule has 4 rings (SSSR count). The molecule has 132 valence electrons. The van der Waals surface area contributed by atoms with Crippen LogP contribution in [-0.4, -0.2) is 11.9 Å². The molecule has 0 aliphatic rings. The van der Waals surface area contributed by atoms with Gasteiger partial charge in [-0.25, -0.2) is 8.78 Å². The molecular weight excluding hydrogens is 366 g/mol. The summed E-state index contributed by atoms with van der Waals surface area (Å²) in [6.45, 7) is -0.856. The fourth-order valence-corrected chi connectivity index (χ4v) is 3.10. The summed E-state index contributed by atoms with van der Waals surface area (Å²) >= 11 is 5.97. The van der Waals surface area contributed by atoms with Crippen LogP contribution in [0.25, 0.3) is 10.9 Å². The second-order valence-corrected chi connectivity index (χ2v) is 6.46. The molecular formula is C21H13BClF2NO. The zero-order valence-electron chi connectivity index (χ0n) is 14.1. The van der Waals surface area contributed by atoms with Crippen molar-refractivity contribution >= 4 is 40.3 Å². The Balaban J connectivity index is 1.85. The lowest BCUT2D eigenvalue weighted by Gasteiger charge is -2.18. The topological polar surface area (TPSA) is 22.1 Å². The molecule has 0 atom stereocenters. The van der Waals surface area contributed by atoms with Gasteiger partial charge in [-0.15, -0.1) is 0 Å². The standard InChI is InChI=1S/C21H13BClF2NO/c23-16-11-9-15(10-12-16)22(17-6-2-7-18(24)20(17)25)27-19-8-1-4-14-5-3-13-26-21(14)19/h1-13H. The Kier molecular flexibility index (Phi) is 4.78. The normalized spacial score (nSPS) is 10.8. The second kappa shape index (κ2) is 7.37. The highest BCUT2D eigenvalue weighted by Gasteiger charge is 2.29. The molecule has 0 aliphatic heterocycles. The van der Waals surface area contributed by atoms with E-state index < -0.39 is 18.6 Å². The van der Waals surface area contributed by atoms with Crippen molar-refractivity contribution in [2.75, 3.05) is 0 Å². The molecule has 0 saturated carbocycles. The summed E-state index contributed by atoms with van der Waals surface area (Å²) in [4.78, 5) is 4.36. The number of nitrogens with zero attached hydrogens (tertiary/aromatic N) is 1. The number of hydrogen-bond donors (Lipinski definition) is 0. The molecule has 0 unspecified atom stereocenters.